The van der Waals surface area contributed by atoms with Gasteiger partial charge in [-0.2, -0.15) is 19.6 Å². The smallest absolute Gasteiger partial charge is 0.248 e. The van der Waals surface area contributed by atoms with Crippen LogP contribution in [-0.2, 0) is 0 Å². The number of nitrogen functional groups attached to an aromatic ring is 2. The number of hydrogen-bond donors (Lipinski definition) is 3. The molecule has 5 N–H and O–H groups in total. The predicted octanol–water partition coefficient (Wildman–Crippen LogP) is 1.42. The maximum atomic E-state index is 5.97. The van der Waals surface area contributed by atoms with Crippen LogP contribution >= 0.6 is 0 Å². The van der Waals surface area contributed by atoms with Gasteiger partial charge in [0, 0.05) is 25.3 Å². The van der Waals surface area contributed by atoms with Crippen molar-refractivity contribution >= 4 is 29.4 Å². The van der Waals surface area contributed by atoms with Gasteiger partial charge >= 0.3 is 0 Å². The Hall–Kier alpha value is -3.36. The van der Waals surface area contributed by atoms with Gasteiger partial charge in [-0.3, -0.25) is 0 Å². The Morgan fingerprint density at radius 3 is 2.58 bits per heavy atom. The number of nitrogens with two attached hydrogens (primary N) is 2. The van der Waals surface area contributed by atoms with Crippen LogP contribution in [0.2, 0.25) is 0 Å². The number of hydrogen-bond acceptors (Lipinski definition) is 8. The number of rotatable bonds is 5. The third-order valence-electron chi connectivity index (χ3n) is 3.42. The van der Waals surface area contributed by atoms with Crippen LogP contribution in [0.4, 0.5) is 29.4 Å². The first-order chi connectivity index (χ1) is 11.6. The first kappa shape index (κ1) is 15.5. The molecule has 0 atom stereocenters. The zero-order valence-corrected chi connectivity index (χ0v) is 13.5. The van der Waals surface area contributed by atoms with Crippen LogP contribution in [0.5, 0.6) is 0 Å². The quantitative estimate of drug-likeness (QED) is 0.643. The monoisotopic (exact) mass is 325 g/mol. The molecule has 3 aromatic rings. The molecule has 0 radical (unpaired) electrons. The molecule has 0 saturated heterocycles. The van der Waals surface area contributed by atoms with Crippen LogP contribution in [0, 0.1) is 0 Å². The van der Waals surface area contributed by atoms with E-state index in [1.54, 1.807) is 6.07 Å². The van der Waals surface area contributed by atoms with E-state index in [2.05, 4.69) is 25.4 Å². The minimum atomic E-state index is 0.205. The van der Waals surface area contributed by atoms with Crippen molar-refractivity contribution in [3.05, 3.63) is 36.4 Å². The fourth-order valence-corrected chi connectivity index (χ4v) is 2.06. The molecule has 0 saturated carbocycles. The third-order valence-corrected chi connectivity index (χ3v) is 3.42. The molecule has 124 valence electrons. The second-order valence-corrected chi connectivity index (χ2v) is 5.16. The van der Waals surface area contributed by atoms with Gasteiger partial charge in [0.25, 0.3) is 0 Å². The lowest BCUT2D eigenvalue weighted by molar-refractivity contribution is 0.831. The van der Waals surface area contributed by atoms with Gasteiger partial charge < -0.3 is 21.7 Å². The lowest BCUT2D eigenvalue weighted by Crippen LogP contribution is -2.20. The van der Waals surface area contributed by atoms with Crippen molar-refractivity contribution < 1.29 is 0 Å². The summed E-state index contributed by atoms with van der Waals surface area (Å²) in [7, 11) is 1.88. The molecule has 9 heteroatoms. The van der Waals surface area contributed by atoms with Crippen molar-refractivity contribution in [2.45, 2.75) is 6.92 Å². The van der Waals surface area contributed by atoms with E-state index in [9.17, 15) is 0 Å². The molecule has 3 rings (SSSR count). The number of aromatic nitrogens is 5. The van der Waals surface area contributed by atoms with Crippen molar-refractivity contribution in [3.63, 3.8) is 0 Å². The first-order valence-corrected chi connectivity index (χ1v) is 7.47. The van der Waals surface area contributed by atoms with E-state index < -0.39 is 0 Å². The largest absolute Gasteiger partial charge is 0.383 e. The highest BCUT2D eigenvalue weighted by atomic mass is 15.4. The van der Waals surface area contributed by atoms with E-state index in [1.807, 2.05) is 49.2 Å². The number of nitrogens with zero attached hydrogens (tertiary/aromatic N) is 6. The van der Waals surface area contributed by atoms with Crippen LogP contribution in [-0.4, -0.2) is 38.3 Å². The lowest BCUT2D eigenvalue weighted by Gasteiger charge is -2.15. The molecular formula is C15H19N9. The van der Waals surface area contributed by atoms with E-state index in [1.165, 1.54) is 4.68 Å². The minimum Gasteiger partial charge on any atom is -0.383 e. The summed E-state index contributed by atoms with van der Waals surface area (Å²) in [6.07, 6.45) is 0. The molecule has 9 nitrogen and oxygen atoms in total. The van der Waals surface area contributed by atoms with Crippen LogP contribution < -0.4 is 21.7 Å². The number of nitrogens with one attached hydrogen (secondary N) is 1. The van der Waals surface area contributed by atoms with E-state index >= 15 is 0 Å². The van der Waals surface area contributed by atoms with Crippen LogP contribution in [0.25, 0.3) is 5.82 Å². The van der Waals surface area contributed by atoms with Crippen molar-refractivity contribution in [3.8, 4) is 5.82 Å². The predicted molar refractivity (Wildman–Crippen MR) is 94.4 cm³/mol. The van der Waals surface area contributed by atoms with E-state index in [0.717, 1.165) is 12.2 Å². The summed E-state index contributed by atoms with van der Waals surface area (Å²) < 4.78 is 1.43. The summed E-state index contributed by atoms with van der Waals surface area (Å²) in [6, 6.07) is 11.2. The van der Waals surface area contributed by atoms with Crippen molar-refractivity contribution in [2.75, 3.05) is 35.3 Å². The third kappa shape index (κ3) is 3.19. The summed E-state index contributed by atoms with van der Waals surface area (Å²) in [6.45, 7) is 2.74. The molecule has 2 aromatic heterocycles. The Labute approximate surface area is 139 Å². The molecule has 0 amide bonds. The highest BCUT2D eigenvalue weighted by Gasteiger charge is 2.13. The van der Waals surface area contributed by atoms with Gasteiger partial charge in [-0.15, -0.1) is 5.10 Å². The number of para-hydroxylation sites is 1. The summed E-state index contributed by atoms with van der Waals surface area (Å²) in [5.74, 6) is 1.88. The zero-order valence-electron chi connectivity index (χ0n) is 13.5. The van der Waals surface area contributed by atoms with Gasteiger partial charge in [0.15, 0.2) is 5.82 Å². The normalized spacial score (nSPS) is 10.6. The molecule has 1 aromatic carbocycles. The summed E-state index contributed by atoms with van der Waals surface area (Å²) in [5.41, 5.74) is 12.7. The molecule has 0 aliphatic heterocycles. The van der Waals surface area contributed by atoms with Crippen LogP contribution in [0.1, 0.15) is 6.92 Å². The van der Waals surface area contributed by atoms with Gasteiger partial charge in [-0.25, -0.2) is 0 Å². The van der Waals surface area contributed by atoms with Crippen LogP contribution in [0.15, 0.2) is 36.4 Å². The average Bonchev–Trinajstić information content (AvgIpc) is 2.94. The molecule has 0 aliphatic rings. The molecule has 0 unspecified atom stereocenters. The van der Waals surface area contributed by atoms with Crippen LogP contribution in [0.3, 0.4) is 0 Å². The summed E-state index contributed by atoms with van der Waals surface area (Å²) >= 11 is 0. The Balaban J connectivity index is 1.94. The van der Waals surface area contributed by atoms with E-state index in [0.29, 0.717) is 23.5 Å². The maximum Gasteiger partial charge on any atom is 0.248 e. The molecule has 0 fully saturated rings. The van der Waals surface area contributed by atoms with E-state index in [-0.39, 0.29) is 5.95 Å². The Morgan fingerprint density at radius 2 is 1.88 bits per heavy atom. The highest BCUT2D eigenvalue weighted by Crippen LogP contribution is 2.19. The maximum absolute atomic E-state index is 5.97. The molecule has 0 spiro atoms. The number of benzene rings is 1. The highest BCUT2D eigenvalue weighted by molar-refractivity contribution is 5.55. The van der Waals surface area contributed by atoms with E-state index in [4.69, 9.17) is 11.5 Å². The minimum absolute atomic E-state index is 0.205. The molecule has 0 bridgehead atoms. The Bertz CT molecular complexity index is 828. The lowest BCUT2D eigenvalue weighted by atomic mass is 10.3. The van der Waals surface area contributed by atoms with Gasteiger partial charge in [0.2, 0.25) is 17.8 Å². The average molecular weight is 325 g/mol. The SMILES string of the molecule is CCN(C)c1nc(N)cc(-n2nc(Nc3ccccc3)nc2N)n1. The zero-order chi connectivity index (χ0) is 17.1. The molecule has 2 heterocycles. The number of anilines is 5. The topological polar surface area (TPSA) is 124 Å². The first-order valence-electron chi connectivity index (χ1n) is 7.47. The van der Waals surface area contributed by atoms with Gasteiger partial charge in [0.1, 0.15) is 5.82 Å². The molecular weight excluding hydrogens is 306 g/mol. The van der Waals surface area contributed by atoms with Crippen molar-refractivity contribution in [1.29, 1.82) is 0 Å². The summed E-state index contributed by atoms with van der Waals surface area (Å²) in [4.78, 5) is 14.7. The fourth-order valence-electron chi connectivity index (χ4n) is 2.06. The standard InChI is InChI=1S/C15H19N9/c1-3-23(2)15-19-11(16)9-12(20-15)24-13(17)21-14(22-24)18-10-7-5-4-6-8-10/h4-9H,3H2,1-2H3,(H2,16,19,20)(H3,17,18,21,22). The second kappa shape index (κ2) is 6.41. The van der Waals surface area contributed by atoms with Gasteiger partial charge in [-0.1, -0.05) is 18.2 Å². The van der Waals surface area contributed by atoms with Crippen molar-refractivity contribution in [2.24, 2.45) is 0 Å². The molecule has 24 heavy (non-hydrogen) atoms. The van der Waals surface area contributed by atoms with Crippen molar-refractivity contribution in [1.82, 2.24) is 24.7 Å². The summed E-state index contributed by atoms with van der Waals surface area (Å²) in [5, 5.41) is 7.44. The molecule has 0 aliphatic carbocycles. The Kier molecular flexibility index (Phi) is 4.15. The van der Waals surface area contributed by atoms with Gasteiger partial charge in [-0.05, 0) is 19.1 Å². The second-order valence-electron chi connectivity index (χ2n) is 5.16. The Morgan fingerprint density at radius 1 is 1.12 bits per heavy atom. The fraction of sp³-hybridized carbons (Fsp3) is 0.200. The van der Waals surface area contributed by atoms with Gasteiger partial charge in [0.05, 0.1) is 0 Å².